The predicted molar refractivity (Wildman–Crippen MR) is 73.9 cm³/mol. The summed E-state index contributed by atoms with van der Waals surface area (Å²) in [5.41, 5.74) is 1.92. The first-order chi connectivity index (χ1) is 9.29. The normalized spacial score (nSPS) is 11.9. The zero-order chi connectivity index (χ0) is 15.2. The monoisotopic (exact) mass is 289 g/mol. The Balaban J connectivity index is 2.58. The first-order valence-corrected chi connectivity index (χ1v) is 6.81. The second-order valence-corrected chi connectivity index (χ2v) is 5.17. The lowest BCUT2D eigenvalue weighted by Crippen LogP contribution is -2.22. The Morgan fingerprint density at radius 1 is 1.25 bits per heavy atom. The number of benzene rings is 1. The molecule has 0 saturated heterocycles. The van der Waals surface area contributed by atoms with Crippen LogP contribution < -0.4 is 10.1 Å². The largest absolute Gasteiger partial charge is 0.493 e. The van der Waals surface area contributed by atoms with Gasteiger partial charge in [0.15, 0.2) is 0 Å². The van der Waals surface area contributed by atoms with Crippen LogP contribution in [0.4, 0.5) is 13.2 Å². The van der Waals surface area contributed by atoms with Crippen LogP contribution in [0.3, 0.4) is 0 Å². The van der Waals surface area contributed by atoms with Crippen LogP contribution in [0, 0.1) is 6.92 Å². The highest BCUT2D eigenvalue weighted by Gasteiger charge is 2.26. The lowest BCUT2D eigenvalue weighted by atomic mass is 10.1. The molecule has 0 heterocycles. The Labute approximate surface area is 118 Å². The third kappa shape index (κ3) is 6.28. The third-order valence-electron chi connectivity index (χ3n) is 2.85. The van der Waals surface area contributed by atoms with Crippen LogP contribution in [0.5, 0.6) is 5.75 Å². The van der Waals surface area contributed by atoms with E-state index in [4.69, 9.17) is 4.74 Å². The van der Waals surface area contributed by atoms with Crippen LogP contribution in [0.1, 0.15) is 37.8 Å². The summed E-state index contributed by atoms with van der Waals surface area (Å²) in [6, 6.07) is 6.10. The molecular formula is C15H22F3NO. The maximum absolute atomic E-state index is 12.1. The molecular weight excluding hydrogens is 267 g/mol. The fourth-order valence-corrected chi connectivity index (χ4v) is 1.82. The lowest BCUT2D eigenvalue weighted by Gasteiger charge is -2.16. The molecule has 1 rings (SSSR count). The highest BCUT2D eigenvalue weighted by atomic mass is 19.4. The molecule has 1 N–H and O–H groups in total. The summed E-state index contributed by atoms with van der Waals surface area (Å²) in [4.78, 5) is 0. The molecule has 114 valence electrons. The van der Waals surface area contributed by atoms with Gasteiger partial charge in [0, 0.05) is 24.6 Å². The average molecular weight is 289 g/mol. The Morgan fingerprint density at radius 3 is 2.55 bits per heavy atom. The Morgan fingerprint density at radius 2 is 1.95 bits per heavy atom. The van der Waals surface area contributed by atoms with Gasteiger partial charge in [0.2, 0.25) is 0 Å². The molecule has 5 heteroatoms. The molecule has 1 aromatic rings. The Kier molecular flexibility index (Phi) is 6.33. The molecule has 1 aromatic carbocycles. The highest BCUT2D eigenvalue weighted by molar-refractivity contribution is 5.40. The summed E-state index contributed by atoms with van der Waals surface area (Å²) >= 11 is 0. The van der Waals surface area contributed by atoms with Gasteiger partial charge in [-0.3, -0.25) is 0 Å². The van der Waals surface area contributed by atoms with Gasteiger partial charge in [0.1, 0.15) is 5.75 Å². The van der Waals surface area contributed by atoms with E-state index in [1.54, 1.807) is 0 Å². The number of halogens is 3. The van der Waals surface area contributed by atoms with Gasteiger partial charge in [0.05, 0.1) is 6.61 Å². The average Bonchev–Trinajstić information content (AvgIpc) is 2.32. The lowest BCUT2D eigenvalue weighted by molar-refractivity contribution is -0.136. The van der Waals surface area contributed by atoms with Gasteiger partial charge in [-0.15, -0.1) is 0 Å². The second kappa shape index (κ2) is 7.53. The van der Waals surface area contributed by atoms with Crippen LogP contribution >= 0.6 is 0 Å². The summed E-state index contributed by atoms with van der Waals surface area (Å²) in [6.45, 7) is 6.71. The summed E-state index contributed by atoms with van der Waals surface area (Å²) in [5.74, 6) is 0.697. The summed E-state index contributed by atoms with van der Waals surface area (Å²) in [7, 11) is 0. The molecule has 0 amide bonds. The number of para-hydroxylation sites is 1. The number of hydrogen-bond acceptors (Lipinski definition) is 2. The maximum atomic E-state index is 12.1. The van der Waals surface area contributed by atoms with Crippen molar-refractivity contribution in [2.24, 2.45) is 0 Å². The smallest absolute Gasteiger partial charge is 0.389 e. The molecule has 0 atom stereocenters. The topological polar surface area (TPSA) is 21.3 Å². The Bertz CT molecular complexity index is 416. The van der Waals surface area contributed by atoms with Gasteiger partial charge in [0.25, 0.3) is 0 Å². The number of aryl methyl sites for hydroxylation is 1. The van der Waals surface area contributed by atoms with Gasteiger partial charge >= 0.3 is 6.18 Å². The van der Waals surface area contributed by atoms with E-state index in [1.807, 2.05) is 39.0 Å². The van der Waals surface area contributed by atoms with Crippen molar-refractivity contribution < 1.29 is 17.9 Å². The van der Waals surface area contributed by atoms with Crippen LogP contribution in [-0.4, -0.2) is 18.8 Å². The Hall–Kier alpha value is -1.23. The molecule has 0 aromatic heterocycles. The predicted octanol–water partition coefficient (Wildman–Crippen LogP) is 4.21. The molecule has 0 aliphatic heterocycles. The van der Waals surface area contributed by atoms with Gasteiger partial charge in [-0.1, -0.05) is 32.0 Å². The molecule has 0 spiro atoms. The van der Waals surface area contributed by atoms with Crippen molar-refractivity contribution in [3.05, 3.63) is 29.3 Å². The van der Waals surface area contributed by atoms with E-state index in [0.29, 0.717) is 18.3 Å². The molecule has 0 bridgehead atoms. The summed E-state index contributed by atoms with van der Waals surface area (Å²) in [6.07, 6.45) is -4.94. The van der Waals surface area contributed by atoms with Gasteiger partial charge < -0.3 is 10.1 Å². The SMILES string of the molecule is Cc1cccc(CNC(C)C)c1OCCCC(F)(F)F. The quantitative estimate of drug-likeness (QED) is 0.759. The van der Waals surface area contributed by atoms with E-state index >= 15 is 0 Å². The van der Waals surface area contributed by atoms with E-state index in [1.165, 1.54) is 0 Å². The van der Waals surface area contributed by atoms with E-state index in [-0.39, 0.29) is 13.0 Å². The molecule has 2 nitrogen and oxygen atoms in total. The number of nitrogens with one attached hydrogen (secondary N) is 1. The van der Waals surface area contributed by atoms with Crippen LogP contribution in [0.25, 0.3) is 0 Å². The van der Waals surface area contributed by atoms with E-state index in [9.17, 15) is 13.2 Å². The number of hydrogen-bond donors (Lipinski definition) is 1. The van der Waals surface area contributed by atoms with Crippen LogP contribution in [0.2, 0.25) is 0 Å². The van der Waals surface area contributed by atoms with Gasteiger partial charge in [-0.05, 0) is 18.9 Å². The molecule has 20 heavy (non-hydrogen) atoms. The highest BCUT2D eigenvalue weighted by Crippen LogP contribution is 2.25. The van der Waals surface area contributed by atoms with Crippen LogP contribution in [-0.2, 0) is 6.54 Å². The zero-order valence-electron chi connectivity index (χ0n) is 12.2. The number of ether oxygens (including phenoxy) is 1. The fourth-order valence-electron chi connectivity index (χ4n) is 1.82. The minimum atomic E-state index is -4.11. The van der Waals surface area contributed by atoms with Crippen molar-refractivity contribution in [1.82, 2.24) is 5.32 Å². The standard InChI is InChI=1S/C15H22F3NO/c1-11(2)19-10-13-7-4-6-12(3)14(13)20-9-5-8-15(16,17)18/h4,6-7,11,19H,5,8-10H2,1-3H3. The molecule has 0 aliphatic rings. The number of rotatable bonds is 7. The van der Waals surface area contributed by atoms with Crippen molar-refractivity contribution in [2.45, 2.75) is 52.4 Å². The van der Waals surface area contributed by atoms with Crippen molar-refractivity contribution in [3.8, 4) is 5.75 Å². The summed E-state index contributed by atoms with van der Waals surface area (Å²) < 4.78 is 41.8. The molecule has 0 unspecified atom stereocenters. The molecule has 0 fully saturated rings. The summed E-state index contributed by atoms with van der Waals surface area (Å²) in [5, 5.41) is 3.28. The van der Waals surface area contributed by atoms with Crippen molar-refractivity contribution in [2.75, 3.05) is 6.61 Å². The maximum Gasteiger partial charge on any atom is 0.389 e. The third-order valence-corrected chi connectivity index (χ3v) is 2.85. The molecule has 0 radical (unpaired) electrons. The number of alkyl halides is 3. The van der Waals surface area contributed by atoms with E-state index in [2.05, 4.69) is 5.32 Å². The minimum Gasteiger partial charge on any atom is -0.493 e. The van der Waals surface area contributed by atoms with E-state index < -0.39 is 12.6 Å². The minimum absolute atomic E-state index is 0.0190. The fraction of sp³-hybridized carbons (Fsp3) is 0.600. The zero-order valence-corrected chi connectivity index (χ0v) is 12.2. The van der Waals surface area contributed by atoms with Crippen molar-refractivity contribution in [3.63, 3.8) is 0 Å². The van der Waals surface area contributed by atoms with Crippen molar-refractivity contribution >= 4 is 0 Å². The van der Waals surface area contributed by atoms with E-state index in [0.717, 1.165) is 11.1 Å². The molecule has 0 aliphatic carbocycles. The van der Waals surface area contributed by atoms with Gasteiger partial charge in [-0.2, -0.15) is 13.2 Å². The van der Waals surface area contributed by atoms with Crippen LogP contribution in [0.15, 0.2) is 18.2 Å². The molecule has 0 saturated carbocycles. The van der Waals surface area contributed by atoms with Crippen molar-refractivity contribution in [1.29, 1.82) is 0 Å². The van der Waals surface area contributed by atoms with Gasteiger partial charge in [-0.25, -0.2) is 0 Å². The first kappa shape index (κ1) is 16.8. The first-order valence-electron chi connectivity index (χ1n) is 6.81. The second-order valence-electron chi connectivity index (χ2n) is 5.17.